The summed E-state index contributed by atoms with van der Waals surface area (Å²) in [7, 11) is 2.90. The molecule has 0 aromatic heterocycles. The number of nitrogens with zero attached hydrogens (tertiary/aromatic N) is 5. The molecule has 15 rings (SSSR count). The molecule has 19 nitrogen and oxygen atoms in total. The number of hydrogen-bond donors (Lipinski definition) is 1. The number of benzene rings is 10. The predicted molar refractivity (Wildman–Crippen MR) is 543 cm³/mol. The van der Waals surface area contributed by atoms with E-state index in [-0.39, 0.29) is 84.2 Å². The van der Waals surface area contributed by atoms with Crippen molar-refractivity contribution >= 4 is 70.2 Å². The molecule has 10 aromatic carbocycles. The van der Waals surface area contributed by atoms with Crippen LogP contribution in [0.4, 0.5) is 17.6 Å². The standard InChI is InChI=1S/C24H28F3NO3.C23H28ClNO3.C23H29NO3.C22H23ClFNO2.C22H26ClNO3/c1-2-30-23(29)21-10-6-7-16-28(21)17-15-22(18-8-4-3-5-9-18)31-20-13-11-19(12-14-20)24(25,26)27;1-2-28-22(26)21-10-6-7-16-25(21)17-15-23(27,18-8-4-3-5-9-18)19-11-13-20(24)14-12-19;1-2-26-23(25)21-15-9-10-17-24(21)18-16-22(19-11-5-3-6-12-19)27-20-13-7-4-8-14-20;1-27-22(26)21-4-2-3-14-25(21)15-13-20(16-5-9-18(23)10-6-16)17-7-11-19(24)12-8-17;1-26-22(25)20-9-5-6-15-24(20)16-14-21(17-7-3-2-4-8-17)27-19-12-10-18(23)11-13-19/h3-5,8-9,11-14,21-22H,2,6-7,10,15-17H2,1H3;3-5,8-9,11-14,21,27H,2,6-7,10,15-17H2,1H3;3-8,11-14,21-22H,2,9-10,15-18H2,1H3;5-13,21H,2-4,14-15H2,1H3;2-4,7-8,10-13,20-21H,5-6,9,14-16H2,1H3/b;;;20-13+;. The van der Waals surface area contributed by atoms with Gasteiger partial charge < -0.3 is 43.0 Å². The zero-order valence-electron chi connectivity index (χ0n) is 80.9. The van der Waals surface area contributed by atoms with E-state index in [1.807, 2.05) is 202 Å². The molecule has 748 valence electrons. The molecule has 5 saturated heterocycles. The molecule has 26 heteroatoms. The molecule has 9 atom stereocenters. The minimum absolute atomic E-state index is 0.0432. The molecule has 9 unspecified atom stereocenters. The first-order valence-electron chi connectivity index (χ1n) is 49.2. The van der Waals surface area contributed by atoms with Crippen molar-refractivity contribution in [3.63, 3.8) is 0 Å². The first-order chi connectivity index (χ1) is 67.9. The van der Waals surface area contributed by atoms with Crippen LogP contribution in [0.1, 0.15) is 206 Å². The highest BCUT2D eigenvalue weighted by atomic mass is 35.5. The monoisotopic (exact) mass is 1980 g/mol. The fraction of sp³-hybridized carbons (Fsp3) is 0.412. The van der Waals surface area contributed by atoms with Gasteiger partial charge in [-0.05, 0) is 266 Å². The molecule has 0 aliphatic carbocycles. The Balaban J connectivity index is 0.000000168. The zero-order chi connectivity index (χ0) is 99.4. The molecule has 0 radical (unpaired) electrons. The van der Waals surface area contributed by atoms with Gasteiger partial charge in [0.2, 0.25) is 0 Å². The second-order valence-electron chi connectivity index (χ2n) is 35.3. The number of hydrogen-bond acceptors (Lipinski definition) is 19. The molecular weight excluding hydrogens is 1850 g/mol. The molecule has 10 aromatic rings. The van der Waals surface area contributed by atoms with Crippen LogP contribution in [0.2, 0.25) is 15.1 Å². The Labute approximate surface area is 838 Å². The topological polar surface area (TPSA) is 196 Å². The Bertz CT molecular complexity index is 5300. The Morgan fingerprint density at radius 2 is 0.643 bits per heavy atom. The number of methoxy groups -OCH3 is 2. The summed E-state index contributed by atoms with van der Waals surface area (Å²) >= 11 is 18.1. The number of para-hydroxylation sites is 1. The normalized spacial score (nSPS) is 18.8. The Kier molecular flexibility index (Phi) is 45.2. The van der Waals surface area contributed by atoms with Gasteiger partial charge in [0, 0.05) is 67.1 Å². The molecule has 5 heterocycles. The summed E-state index contributed by atoms with van der Waals surface area (Å²) in [5.74, 6) is 1.01. The Hall–Kier alpha value is -11.0. The van der Waals surface area contributed by atoms with Gasteiger partial charge >= 0.3 is 36.0 Å². The number of halogens is 7. The second-order valence-corrected chi connectivity index (χ2v) is 36.6. The lowest BCUT2D eigenvalue weighted by Crippen LogP contribution is -2.47. The number of piperidine rings is 5. The van der Waals surface area contributed by atoms with Gasteiger partial charge in [-0.3, -0.25) is 48.5 Å². The molecule has 0 saturated carbocycles. The van der Waals surface area contributed by atoms with E-state index in [1.54, 1.807) is 31.2 Å². The van der Waals surface area contributed by atoms with E-state index in [4.69, 9.17) is 72.7 Å². The van der Waals surface area contributed by atoms with Gasteiger partial charge in [-0.1, -0.05) is 249 Å². The first-order valence-corrected chi connectivity index (χ1v) is 50.3. The van der Waals surface area contributed by atoms with Crippen LogP contribution in [0.25, 0.3) is 5.57 Å². The van der Waals surface area contributed by atoms with Gasteiger partial charge in [-0.15, -0.1) is 0 Å². The van der Waals surface area contributed by atoms with Crippen molar-refractivity contribution in [2.75, 3.05) is 99.5 Å². The molecule has 5 aliphatic rings. The SMILES string of the molecule is CCOC(=O)C1CCCCN1CCC(O)(c1ccccc1)c1ccc(Cl)cc1.CCOC(=O)C1CCCCN1CCC(Oc1ccc(C(F)(F)F)cc1)c1ccccc1.CCOC(=O)C1CCCCN1CCC(Oc1ccccc1)c1ccccc1.COC(=O)C1CCCCN1C/C=C(/c1ccc(F)cc1)c1ccc(Cl)cc1.COC(=O)C1CCCCN1CCC(Oc1ccc(Cl)cc1)c1ccccc1. The highest BCUT2D eigenvalue weighted by Crippen LogP contribution is 2.39. The minimum atomic E-state index is -4.38. The summed E-state index contributed by atoms with van der Waals surface area (Å²) in [5.41, 5.74) is 5.90. The molecule has 1 N–H and O–H groups in total. The van der Waals surface area contributed by atoms with Crippen molar-refractivity contribution in [3.05, 3.63) is 344 Å². The quantitative estimate of drug-likeness (QED) is 0.0223. The highest BCUT2D eigenvalue weighted by molar-refractivity contribution is 6.31. The predicted octanol–water partition coefficient (Wildman–Crippen LogP) is 24.4. The van der Waals surface area contributed by atoms with Crippen LogP contribution < -0.4 is 14.2 Å². The molecule has 0 bridgehead atoms. The molecule has 140 heavy (non-hydrogen) atoms. The summed E-state index contributed by atoms with van der Waals surface area (Å²) in [6.07, 6.45) is 14.7. The first kappa shape index (κ1) is 109. The van der Waals surface area contributed by atoms with Crippen molar-refractivity contribution in [3.8, 4) is 17.2 Å². The van der Waals surface area contributed by atoms with Crippen LogP contribution in [0.15, 0.2) is 279 Å². The molecule has 0 amide bonds. The lowest BCUT2D eigenvalue weighted by molar-refractivity contribution is -0.152. The summed E-state index contributed by atoms with van der Waals surface area (Å²) in [6.45, 7) is 14.5. The lowest BCUT2D eigenvalue weighted by Gasteiger charge is -2.37. The van der Waals surface area contributed by atoms with E-state index in [2.05, 4.69) is 54.8 Å². The molecule has 0 spiro atoms. The molecule has 5 fully saturated rings. The van der Waals surface area contributed by atoms with Gasteiger partial charge in [-0.2, -0.15) is 13.2 Å². The maximum atomic E-state index is 13.4. The maximum absolute atomic E-state index is 13.4. The van der Waals surface area contributed by atoms with E-state index >= 15 is 0 Å². The van der Waals surface area contributed by atoms with Crippen molar-refractivity contribution in [2.24, 2.45) is 0 Å². The van der Waals surface area contributed by atoms with Crippen molar-refractivity contribution in [2.45, 2.75) is 203 Å². The third-order valence-electron chi connectivity index (χ3n) is 26.0. The Morgan fingerprint density at radius 1 is 0.357 bits per heavy atom. The third-order valence-corrected chi connectivity index (χ3v) is 26.7. The van der Waals surface area contributed by atoms with Gasteiger partial charge in [0.1, 0.15) is 77.2 Å². The van der Waals surface area contributed by atoms with E-state index in [9.17, 15) is 46.6 Å². The lowest BCUT2D eigenvalue weighted by atomic mass is 9.83. The van der Waals surface area contributed by atoms with E-state index in [1.165, 1.54) is 38.5 Å². The smallest absolute Gasteiger partial charge is 0.416 e. The number of alkyl halides is 3. The average molecular weight is 1980 g/mol. The number of ether oxygens (including phenoxy) is 8. The molecule has 5 aliphatic heterocycles. The average Bonchev–Trinajstić information content (AvgIpc) is 0.788. The van der Waals surface area contributed by atoms with Gasteiger partial charge in [0.25, 0.3) is 0 Å². The number of carbonyl (C=O) groups excluding carboxylic acids is 5. The number of likely N-dealkylation sites (tertiary alicyclic amines) is 5. The van der Waals surface area contributed by atoms with Gasteiger partial charge in [-0.25, -0.2) is 4.39 Å². The number of aliphatic hydroxyl groups is 1. The molecular formula is C114H134Cl3F4N5O14. The summed E-state index contributed by atoms with van der Waals surface area (Å²) in [6, 6.07) is 82.3. The van der Waals surface area contributed by atoms with E-state index < -0.39 is 17.3 Å². The van der Waals surface area contributed by atoms with Crippen LogP contribution in [0.5, 0.6) is 17.2 Å². The van der Waals surface area contributed by atoms with Crippen LogP contribution in [-0.4, -0.2) is 189 Å². The van der Waals surface area contributed by atoms with Crippen molar-refractivity contribution in [1.29, 1.82) is 0 Å². The zero-order valence-corrected chi connectivity index (χ0v) is 83.2. The minimum Gasteiger partial charge on any atom is -0.486 e. The summed E-state index contributed by atoms with van der Waals surface area (Å²) < 4.78 is 96.3. The Morgan fingerprint density at radius 3 is 1.00 bits per heavy atom. The van der Waals surface area contributed by atoms with Gasteiger partial charge in [0.05, 0.1) is 39.6 Å². The highest BCUT2D eigenvalue weighted by Gasteiger charge is 2.39. The fourth-order valence-corrected chi connectivity index (χ4v) is 19.0. The second kappa shape index (κ2) is 57.8. The van der Waals surface area contributed by atoms with Crippen LogP contribution in [0, 0.1) is 5.82 Å². The van der Waals surface area contributed by atoms with Crippen molar-refractivity contribution < 1.29 is 84.5 Å². The third kappa shape index (κ3) is 34.2. The van der Waals surface area contributed by atoms with Gasteiger partial charge in [0.15, 0.2) is 0 Å². The van der Waals surface area contributed by atoms with E-state index in [0.29, 0.717) is 73.1 Å². The number of rotatable bonds is 35. The van der Waals surface area contributed by atoms with Crippen LogP contribution >= 0.6 is 34.8 Å². The van der Waals surface area contributed by atoms with E-state index in [0.717, 1.165) is 223 Å². The number of esters is 5. The fourth-order valence-electron chi connectivity index (χ4n) is 18.6. The maximum Gasteiger partial charge on any atom is 0.416 e. The van der Waals surface area contributed by atoms with Crippen molar-refractivity contribution in [1.82, 2.24) is 24.5 Å². The largest absolute Gasteiger partial charge is 0.486 e. The summed E-state index contributed by atoms with van der Waals surface area (Å²) in [4.78, 5) is 72.2. The number of carbonyl (C=O) groups is 5. The van der Waals surface area contributed by atoms with Crippen LogP contribution in [0.3, 0.4) is 0 Å². The van der Waals surface area contributed by atoms with Crippen LogP contribution in [-0.2, 0) is 59.4 Å². The summed E-state index contributed by atoms with van der Waals surface area (Å²) in [5, 5.41) is 13.7.